The van der Waals surface area contributed by atoms with Crippen LogP contribution in [-0.2, 0) is 0 Å². The van der Waals surface area contributed by atoms with E-state index in [2.05, 4.69) is 0 Å². The first-order chi connectivity index (χ1) is 7.54. The lowest BCUT2D eigenvalue weighted by Gasteiger charge is -2.18. The Morgan fingerprint density at radius 1 is 1.44 bits per heavy atom. The molecule has 0 radical (unpaired) electrons. The van der Waals surface area contributed by atoms with E-state index >= 15 is 0 Å². The second-order valence-corrected chi connectivity index (χ2v) is 4.20. The zero-order valence-corrected chi connectivity index (χ0v) is 10.0. The van der Waals surface area contributed by atoms with E-state index in [0.29, 0.717) is 0 Å². The maximum atomic E-state index is 13.3. The zero-order chi connectivity index (χ0) is 12.1. The van der Waals surface area contributed by atoms with Crippen LogP contribution < -0.4 is 4.74 Å². The van der Waals surface area contributed by atoms with Gasteiger partial charge < -0.3 is 9.84 Å². The predicted molar refractivity (Wildman–Crippen MR) is 62.1 cm³/mol. The maximum Gasteiger partial charge on any atom is 0.165 e. The van der Waals surface area contributed by atoms with Gasteiger partial charge in [-0.15, -0.1) is 0 Å². The number of aliphatic hydroxyl groups excluding tert-OH is 1. The highest BCUT2D eigenvalue weighted by Crippen LogP contribution is 2.19. The van der Waals surface area contributed by atoms with Gasteiger partial charge >= 0.3 is 0 Å². The number of benzene rings is 1. The lowest BCUT2D eigenvalue weighted by atomic mass is 10.0. The van der Waals surface area contributed by atoms with Crippen molar-refractivity contribution in [1.29, 1.82) is 0 Å². The van der Waals surface area contributed by atoms with E-state index < -0.39 is 6.10 Å². The number of hydrogen-bond acceptors (Lipinski definition) is 2. The first kappa shape index (κ1) is 13.0. The monoisotopic (exact) mass is 226 g/mol. The molecule has 2 nitrogen and oxygen atoms in total. The van der Waals surface area contributed by atoms with Gasteiger partial charge in [0.1, 0.15) is 6.61 Å². The van der Waals surface area contributed by atoms with E-state index in [9.17, 15) is 9.50 Å². The Hall–Kier alpha value is -1.09. The molecule has 0 fully saturated rings. The van der Waals surface area contributed by atoms with Crippen molar-refractivity contribution in [2.45, 2.75) is 33.3 Å². The summed E-state index contributed by atoms with van der Waals surface area (Å²) >= 11 is 0. The Morgan fingerprint density at radius 2 is 2.12 bits per heavy atom. The smallest absolute Gasteiger partial charge is 0.165 e. The number of aryl methyl sites for hydroxylation is 1. The lowest BCUT2D eigenvalue weighted by Crippen LogP contribution is -2.25. The molecule has 2 unspecified atom stereocenters. The number of hydrogen-bond donors (Lipinski definition) is 1. The van der Waals surface area contributed by atoms with Crippen LogP contribution in [0, 0.1) is 18.7 Å². The van der Waals surface area contributed by atoms with Crippen LogP contribution in [0.3, 0.4) is 0 Å². The van der Waals surface area contributed by atoms with Crippen LogP contribution >= 0.6 is 0 Å². The quantitative estimate of drug-likeness (QED) is 0.836. The molecule has 0 aromatic heterocycles. The average molecular weight is 226 g/mol. The van der Waals surface area contributed by atoms with Crippen LogP contribution in [0.15, 0.2) is 18.2 Å². The first-order valence-electron chi connectivity index (χ1n) is 5.61. The Balaban J connectivity index is 2.57. The van der Waals surface area contributed by atoms with Crippen molar-refractivity contribution in [2.75, 3.05) is 6.61 Å². The molecule has 0 amide bonds. The van der Waals surface area contributed by atoms with Crippen molar-refractivity contribution in [3.63, 3.8) is 0 Å². The van der Waals surface area contributed by atoms with Crippen LogP contribution in [-0.4, -0.2) is 17.8 Å². The lowest BCUT2D eigenvalue weighted by molar-refractivity contribution is 0.0606. The molecule has 0 bridgehead atoms. The Kier molecular flexibility index (Phi) is 4.74. The Morgan fingerprint density at radius 3 is 2.75 bits per heavy atom. The van der Waals surface area contributed by atoms with Gasteiger partial charge in [-0.25, -0.2) is 4.39 Å². The minimum absolute atomic E-state index is 0.134. The van der Waals surface area contributed by atoms with Gasteiger partial charge in [0.25, 0.3) is 0 Å². The molecule has 0 aliphatic heterocycles. The zero-order valence-electron chi connectivity index (χ0n) is 10.0. The van der Waals surface area contributed by atoms with Crippen LogP contribution in [0.2, 0.25) is 0 Å². The number of halogens is 1. The highest BCUT2D eigenvalue weighted by Gasteiger charge is 2.14. The molecule has 1 aromatic carbocycles. The fourth-order valence-corrected chi connectivity index (χ4v) is 1.33. The normalized spacial score (nSPS) is 14.6. The number of ether oxygens (including phenoxy) is 1. The molecule has 1 N–H and O–H groups in total. The minimum Gasteiger partial charge on any atom is -0.488 e. The van der Waals surface area contributed by atoms with E-state index in [-0.39, 0.29) is 24.1 Å². The molecular weight excluding hydrogens is 207 g/mol. The van der Waals surface area contributed by atoms with Gasteiger partial charge in [0.2, 0.25) is 0 Å². The van der Waals surface area contributed by atoms with Crippen molar-refractivity contribution in [3.05, 3.63) is 29.6 Å². The summed E-state index contributed by atoms with van der Waals surface area (Å²) in [6.07, 6.45) is 0.325. The molecule has 0 aliphatic carbocycles. The third-order valence-corrected chi connectivity index (χ3v) is 2.80. The van der Waals surface area contributed by atoms with Crippen molar-refractivity contribution in [2.24, 2.45) is 5.92 Å². The molecule has 3 heteroatoms. The summed E-state index contributed by atoms with van der Waals surface area (Å²) in [5.41, 5.74) is 0.939. The fraction of sp³-hybridized carbons (Fsp3) is 0.538. The van der Waals surface area contributed by atoms with Crippen LogP contribution in [0.5, 0.6) is 5.75 Å². The summed E-state index contributed by atoms with van der Waals surface area (Å²) in [6, 6.07) is 4.70. The van der Waals surface area contributed by atoms with Gasteiger partial charge in [-0.3, -0.25) is 0 Å². The summed E-state index contributed by atoms with van der Waals surface area (Å²) in [7, 11) is 0. The fourth-order valence-electron chi connectivity index (χ4n) is 1.33. The van der Waals surface area contributed by atoms with Crippen molar-refractivity contribution >= 4 is 0 Å². The van der Waals surface area contributed by atoms with E-state index in [1.807, 2.05) is 20.8 Å². The highest BCUT2D eigenvalue weighted by atomic mass is 19.1. The maximum absolute atomic E-state index is 13.3. The van der Waals surface area contributed by atoms with Crippen LogP contribution in [0.1, 0.15) is 25.8 Å². The minimum atomic E-state index is -0.551. The molecule has 16 heavy (non-hydrogen) atoms. The van der Waals surface area contributed by atoms with Crippen LogP contribution in [0.4, 0.5) is 4.39 Å². The molecular formula is C13H19FO2. The summed E-state index contributed by atoms with van der Waals surface area (Å²) in [5.74, 6) is -0.0165. The first-order valence-corrected chi connectivity index (χ1v) is 5.61. The average Bonchev–Trinajstić information content (AvgIpc) is 2.28. The van der Waals surface area contributed by atoms with Crippen molar-refractivity contribution in [1.82, 2.24) is 0 Å². The van der Waals surface area contributed by atoms with E-state index in [0.717, 1.165) is 12.0 Å². The molecule has 1 aromatic rings. The van der Waals surface area contributed by atoms with E-state index in [4.69, 9.17) is 4.74 Å². The van der Waals surface area contributed by atoms with Gasteiger partial charge in [0.15, 0.2) is 11.6 Å². The van der Waals surface area contributed by atoms with Gasteiger partial charge in [-0.2, -0.15) is 0 Å². The van der Waals surface area contributed by atoms with Gasteiger partial charge in [-0.1, -0.05) is 26.3 Å². The molecule has 1 rings (SSSR count). The number of aliphatic hydroxyl groups is 1. The molecule has 0 saturated carbocycles. The number of rotatable bonds is 5. The third-order valence-electron chi connectivity index (χ3n) is 2.80. The molecule has 2 atom stereocenters. The topological polar surface area (TPSA) is 29.5 Å². The van der Waals surface area contributed by atoms with E-state index in [1.54, 1.807) is 12.1 Å². The Labute approximate surface area is 96.1 Å². The summed E-state index contributed by atoms with van der Waals surface area (Å²) in [4.78, 5) is 0. The standard InChI is InChI=1S/C13H19FO2/c1-4-10(3)12(15)8-16-13-7-9(2)5-6-11(13)14/h5-7,10,12,15H,4,8H2,1-3H3. The van der Waals surface area contributed by atoms with Crippen molar-refractivity contribution in [3.8, 4) is 5.75 Å². The predicted octanol–water partition coefficient (Wildman–Crippen LogP) is 2.92. The van der Waals surface area contributed by atoms with Gasteiger partial charge in [0.05, 0.1) is 6.10 Å². The SMILES string of the molecule is CCC(C)C(O)COc1cc(C)ccc1F. The largest absolute Gasteiger partial charge is 0.488 e. The second-order valence-electron chi connectivity index (χ2n) is 4.20. The van der Waals surface area contributed by atoms with Gasteiger partial charge in [0, 0.05) is 0 Å². The van der Waals surface area contributed by atoms with E-state index in [1.165, 1.54) is 6.07 Å². The molecule has 0 spiro atoms. The molecule has 0 heterocycles. The summed E-state index contributed by atoms with van der Waals surface area (Å²) in [6.45, 7) is 5.95. The summed E-state index contributed by atoms with van der Waals surface area (Å²) in [5, 5.41) is 9.69. The third kappa shape index (κ3) is 3.49. The molecule has 0 saturated heterocycles. The summed E-state index contributed by atoms with van der Waals surface area (Å²) < 4.78 is 18.6. The molecule has 0 aliphatic rings. The van der Waals surface area contributed by atoms with Gasteiger partial charge in [-0.05, 0) is 30.5 Å². The van der Waals surface area contributed by atoms with Crippen LogP contribution in [0.25, 0.3) is 0 Å². The second kappa shape index (κ2) is 5.85. The van der Waals surface area contributed by atoms with Crippen molar-refractivity contribution < 1.29 is 14.2 Å². The molecule has 90 valence electrons. The highest BCUT2D eigenvalue weighted by molar-refractivity contribution is 5.29. The Bertz CT molecular complexity index is 339.